The smallest absolute Gasteiger partial charge is 0.323 e. The summed E-state index contributed by atoms with van der Waals surface area (Å²) in [6.45, 7) is 0. The Balaban J connectivity index is 1.78. The van der Waals surface area contributed by atoms with E-state index in [1.54, 1.807) is 7.11 Å². The van der Waals surface area contributed by atoms with E-state index in [1.807, 2.05) is 18.2 Å². The maximum atomic E-state index is 11.6. The van der Waals surface area contributed by atoms with Crippen LogP contribution in [0.3, 0.4) is 0 Å². The lowest BCUT2D eigenvalue weighted by Crippen LogP contribution is -2.72. The Morgan fingerprint density at radius 2 is 1.89 bits per heavy atom. The molecule has 2 bridgehead atoms. The number of ether oxygens (including phenoxy) is 2. The molecule has 3 aliphatic carbocycles. The van der Waals surface area contributed by atoms with Crippen molar-refractivity contribution in [3.05, 3.63) is 29.8 Å². The third kappa shape index (κ3) is 1.53. The highest BCUT2D eigenvalue weighted by Gasteiger charge is 2.72. The monoisotopic (exact) mass is 261 g/mol. The Labute approximate surface area is 112 Å². The molecule has 1 unspecified atom stereocenters. The van der Waals surface area contributed by atoms with Gasteiger partial charge in [0, 0.05) is 11.0 Å². The molecule has 0 aromatic heterocycles. The van der Waals surface area contributed by atoms with Gasteiger partial charge < -0.3 is 15.2 Å². The Bertz CT molecular complexity index is 506. The molecule has 0 amide bonds. The highest BCUT2D eigenvalue weighted by molar-refractivity contribution is 5.78. The number of carbonyl (C=O) groups is 1. The molecule has 0 radical (unpaired) electrons. The summed E-state index contributed by atoms with van der Waals surface area (Å²) in [5.41, 5.74) is 7.37. The molecule has 0 heterocycles. The van der Waals surface area contributed by atoms with E-state index in [0.717, 1.165) is 25.0 Å². The highest BCUT2D eigenvalue weighted by atomic mass is 16.5. The number of nitrogens with two attached hydrogens (primary N) is 1. The number of methoxy groups -OCH3 is 2. The van der Waals surface area contributed by atoms with E-state index in [1.165, 1.54) is 12.7 Å². The van der Waals surface area contributed by atoms with E-state index >= 15 is 0 Å². The van der Waals surface area contributed by atoms with Gasteiger partial charge in [0.25, 0.3) is 0 Å². The molecule has 0 spiro atoms. The van der Waals surface area contributed by atoms with E-state index < -0.39 is 6.04 Å². The number of rotatable bonds is 4. The van der Waals surface area contributed by atoms with Gasteiger partial charge in [-0.05, 0) is 30.7 Å². The fourth-order valence-electron chi connectivity index (χ4n) is 3.94. The Morgan fingerprint density at radius 3 is 2.47 bits per heavy atom. The fourth-order valence-corrected chi connectivity index (χ4v) is 3.94. The van der Waals surface area contributed by atoms with Gasteiger partial charge in [-0.2, -0.15) is 0 Å². The summed E-state index contributed by atoms with van der Waals surface area (Å²) in [6.07, 6.45) is 2.86. The molecule has 1 atom stereocenters. The molecule has 4 heteroatoms. The normalized spacial score (nSPS) is 32.8. The average molecular weight is 261 g/mol. The Hall–Kier alpha value is -1.55. The van der Waals surface area contributed by atoms with Crippen molar-refractivity contribution in [2.75, 3.05) is 14.2 Å². The number of esters is 1. The van der Waals surface area contributed by atoms with Crippen molar-refractivity contribution in [1.29, 1.82) is 0 Å². The van der Waals surface area contributed by atoms with Gasteiger partial charge in [-0.3, -0.25) is 4.79 Å². The second-order valence-electron chi connectivity index (χ2n) is 5.87. The van der Waals surface area contributed by atoms with Crippen molar-refractivity contribution < 1.29 is 14.3 Å². The van der Waals surface area contributed by atoms with Crippen molar-refractivity contribution in [3.63, 3.8) is 0 Å². The van der Waals surface area contributed by atoms with Crippen LogP contribution < -0.4 is 10.5 Å². The summed E-state index contributed by atoms with van der Waals surface area (Å²) in [5, 5.41) is 0. The minimum absolute atomic E-state index is 0.0477. The lowest BCUT2D eigenvalue weighted by Gasteiger charge is -2.72. The van der Waals surface area contributed by atoms with Crippen molar-refractivity contribution >= 4 is 5.97 Å². The van der Waals surface area contributed by atoms with Gasteiger partial charge in [0.1, 0.15) is 11.8 Å². The Morgan fingerprint density at radius 1 is 1.26 bits per heavy atom. The summed E-state index contributed by atoms with van der Waals surface area (Å²) in [6, 6.07) is 7.62. The average Bonchev–Trinajstić information content (AvgIpc) is 2.35. The topological polar surface area (TPSA) is 61.5 Å². The molecular formula is C15H19NO3. The molecule has 2 N–H and O–H groups in total. The molecule has 102 valence electrons. The minimum Gasteiger partial charge on any atom is -0.496 e. The second kappa shape index (κ2) is 3.97. The molecule has 1 aromatic carbocycles. The van der Waals surface area contributed by atoms with Crippen LogP contribution in [0.25, 0.3) is 0 Å². The first-order valence-electron chi connectivity index (χ1n) is 6.54. The van der Waals surface area contributed by atoms with Crippen molar-refractivity contribution in [2.24, 2.45) is 11.1 Å². The number of hydrogen-bond acceptors (Lipinski definition) is 4. The molecule has 4 rings (SSSR count). The summed E-state index contributed by atoms with van der Waals surface area (Å²) in [7, 11) is 3.09. The molecule has 4 nitrogen and oxygen atoms in total. The Kier molecular flexibility index (Phi) is 2.61. The summed E-state index contributed by atoms with van der Waals surface area (Å²) in [4.78, 5) is 11.6. The molecule has 3 fully saturated rings. The van der Waals surface area contributed by atoms with Gasteiger partial charge >= 0.3 is 5.97 Å². The number of benzene rings is 1. The van der Waals surface area contributed by atoms with Gasteiger partial charge in [0.15, 0.2) is 0 Å². The lowest BCUT2D eigenvalue weighted by atomic mass is 9.31. The van der Waals surface area contributed by atoms with Crippen LogP contribution in [0.2, 0.25) is 0 Å². The first kappa shape index (κ1) is 12.5. The molecule has 0 aliphatic heterocycles. The van der Waals surface area contributed by atoms with Crippen LogP contribution in [0.5, 0.6) is 5.75 Å². The summed E-state index contributed by atoms with van der Waals surface area (Å²) < 4.78 is 10.2. The number of carbonyl (C=O) groups excluding carboxylic acids is 1. The number of para-hydroxylation sites is 1. The first-order valence-corrected chi connectivity index (χ1v) is 6.54. The zero-order valence-corrected chi connectivity index (χ0v) is 11.3. The van der Waals surface area contributed by atoms with Crippen LogP contribution in [-0.4, -0.2) is 26.2 Å². The van der Waals surface area contributed by atoms with Crippen LogP contribution in [0.4, 0.5) is 0 Å². The van der Waals surface area contributed by atoms with E-state index in [-0.39, 0.29) is 16.8 Å². The molecule has 1 aromatic rings. The van der Waals surface area contributed by atoms with Crippen LogP contribution in [0.1, 0.15) is 24.8 Å². The third-order valence-electron chi connectivity index (χ3n) is 4.86. The van der Waals surface area contributed by atoms with Gasteiger partial charge in [0.05, 0.1) is 14.2 Å². The minimum atomic E-state index is -0.492. The van der Waals surface area contributed by atoms with Crippen molar-refractivity contribution in [2.45, 2.75) is 30.7 Å². The van der Waals surface area contributed by atoms with E-state index in [0.29, 0.717) is 0 Å². The summed E-state index contributed by atoms with van der Waals surface area (Å²) >= 11 is 0. The molecule has 0 saturated heterocycles. The predicted octanol–water partition coefficient (Wildman–Crippen LogP) is 1.62. The first-order chi connectivity index (χ1) is 9.07. The zero-order valence-electron chi connectivity index (χ0n) is 11.3. The largest absolute Gasteiger partial charge is 0.496 e. The highest BCUT2D eigenvalue weighted by Crippen LogP contribution is 2.75. The quantitative estimate of drug-likeness (QED) is 0.837. The van der Waals surface area contributed by atoms with Crippen LogP contribution in [0, 0.1) is 5.41 Å². The zero-order chi connectivity index (χ0) is 13.7. The molecule has 3 aliphatic rings. The standard InChI is InChI=1S/C15H19NO3/c1-18-11-6-4-3-5-10(11)14-7-15(8-14,9-14)12(16)13(17)19-2/h3-6,12H,7-9,16H2,1-2H3. The van der Waals surface area contributed by atoms with Crippen molar-refractivity contribution in [1.82, 2.24) is 0 Å². The van der Waals surface area contributed by atoms with Gasteiger partial charge in [0.2, 0.25) is 0 Å². The van der Waals surface area contributed by atoms with Crippen molar-refractivity contribution in [3.8, 4) is 5.75 Å². The molecule has 19 heavy (non-hydrogen) atoms. The van der Waals surface area contributed by atoms with Gasteiger partial charge in [-0.25, -0.2) is 0 Å². The van der Waals surface area contributed by atoms with E-state index in [2.05, 4.69) is 6.07 Å². The van der Waals surface area contributed by atoms with Crippen LogP contribution in [-0.2, 0) is 14.9 Å². The summed E-state index contributed by atoms with van der Waals surface area (Å²) in [5.74, 6) is 0.635. The second-order valence-corrected chi connectivity index (χ2v) is 5.87. The third-order valence-corrected chi connectivity index (χ3v) is 4.86. The molecule has 3 saturated carbocycles. The molecular weight excluding hydrogens is 242 g/mol. The SMILES string of the molecule is COC(=O)C(N)C12CC(c3ccccc3OC)(C1)C2. The van der Waals surface area contributed by atoms with Gasteiger partial charge in [-0.1, -0.05) is 18.2 Å². The lowest BCUT2D eigenvalue weighted by molar-refractivity contribution is -0.181. The van der Waals surface area contributed by atoms with Gasteiger partial charge in [-0.15, -0.1) is 0 Å². The van der Waals surface area contributed by atoms with E-state index in [4.69, 9.17) is 15.2 Å². The van der Waals surface area contributed by atoms with E-state index in [9.17, 15) is 4.79 Å². The van der Waals surface area contributed by atoms with Crippen LogP contribution in [0.15, 0.2) is 24.3 Å². The maximum absolute atomic E-state index is 11.6. The fraction of sp³-hybridized carbons (Fsp3) is 0.533. The van der Waals surface area contributed by atoms with Crippen LogP contribution >= 0.6 is 0 Å². The number of hydrogen-bond donors (Lipinski definition) is 1. The maximum Gasteiger partial charge on any atom is 0.323 e. The predicted molar refractivity (Wildman–Crippen MR) is 70.9 cm³/mol.